The summed E-state index contributed by atoms with van der Waals surface area (Å²) >= 11 is 0. The summed E-state index contributed by atoms with van der Waals surface area (Å²) in [5.41, 5.74) is 0. The monoisotopic (exact) mass is 224 g/mol. The summed E-state index contributed by atoms with van der Waals surface area (Å²) in [4.78, 5) is 22.9. The summed E-state index contributed by atoms with van der Waals surface area (Å²) in [7, 11) is 0. The number of hydrogen-bond acceptors (Lipinski definition) is 4. The maximum atomic E-state index is 11.9. The van der Waals surface area contributed by atoms with E-state index in [1.165, 1.54) is 6.92 Å². The van der Waals surface area contributed by atoms with Crippen LogP contribution in [0.4, 0.5) is 0 Å². The van der Waals surface area contributed by atoms with Crippen molar-refractivity contribution < 1.29 is 19.1 Å². The lowest BCUT2D eigenvalue weighted by Crippen LogP contribution is -2.46. The number of fused-ring (bicyclic) bond motifs is 5. The van der Waals surface area contributed by atoms with Crippen LogP contribution in [-0.4, -0.2) is 30.1 Å². The number of carbonyl (C=O) groups is 2. The van der Waals surface area contributed by atoms with E-state index >= 15 is 0 Å². The second-order valence-electron chi connectivity index (χ2n) is 5.05. The van der Waals surface area contributed by atoms with Crippen LogP contribution in [0.25, 0.3) is 0 Å². The quantitative estimate of drug-likeness (QED) is 0.625. The van der Waals surface area contributed by atoms with Gasteiger partial charge in [-0.25, -0.2) is 0 Å². The van der Waals surface area contributed by atoms with Crippen molar-refractivity contribution in [2.45, 2.75) is 50.9 Å². The van der Waals surface area contributed by atoms with Crippen LogP contribution in [0.5, 0.6) is 0 Å². The largest absolute Gasteiger partial charge is 0.462 e. The van der Waals surface area contributed by atoms with Crippen molar-refractivity contribution in [3.63, 3.8) is 0 Å². The SMILES string of the molecule is CC(=O)OC1CCC(=O)C2C1[C@H]1CC[C@@H]2O1. The van der Waals surface area contributed by atoms with E-state index in [0.717, 1.165) is 12.8 Å². The van der Waals surface area contributed by atoms with E-state index in [0.29, 0.717) is 18.6 Å². The van der Waals surface area contributed by atoms with Crippen molar-refractivity contribution in [1.82, 2.24) is 0 Å². The van der Waals surface area contributed by atoms with Gasteiger partial charge in [0, 0.05) is 19.3 Å². The molecule has 0 N–H and O–H groups in total. The maximum Gasteiger partial charge on any atom is 0.302 e. The van der Waals surface area contributed by atoms with Gasteiger partial charge >= 0.3 is 5.97 Å². The first-order valence-corrected chi connectivity index (χ1v) is 6.02. The number of ketones is 1. The van der Waals surface area contributed by atoms with E-state index in [4.69, 9.17) is 9.47 Å². The molecule has 0 amide bonds. The van der Waals surface area contributed by atoms with Gasteiger partial charge in [-0.15, -0.1) is 0 Å². The van der Waals surface area contributed by atoms with Crippen molar-refractivity contribution in [3.05, 3.63) is 0 Å². The number of Topliss-reactive ketones (excluding diaryl/α,β-unsaturated/α-hetero) is 1. The number of rotatable bonds is 1. The van der Waals surface area contributed by atoms with Crippen molar-refractivity contribution >= 4 is 11.8 Å². The Bertz CT molecular complexity index is 338. The van der Waals surface area contributed by atoms with Crippen LogP contribution < -0.4 is 0 Å². The standard InChI is InChI=1S/C12H16O4/c1-6(13)15-9-3-2-7(14)11-8-4-5-10(16-8)12(9)11/h8-12H,2-5H2,1H3/t8-,9?,10+,11?,12?/m0/s1. The van der Waals surface area contributed by atoms with Gasteiger partial charge in [-0.05, 0) is 19.3 Å². The predicted octanol–water partition coefficient (Wildman–Crippen LogP) is 1.07. The highest BCUT2D eigenvalue weighted by atomic mass is 16.6. The molecule has 0 radical (unpaired) electrons. The molecule has 2 saturated heterocycles. The number of hydrogen-bond donors (Lipinski definition) is 0. The van der Waals surface area contributed by atoms with E-state index in [1.807, 2.05) is 0 Å². The first-order valence-electron chi connectivity index (χ1n) is 6.02. The zero-order valence-corrected chi connectivity index (χ0v) is 9.35. The van der Waals surface area contributed by atoms with Gasteiger partial charge in [0.1, 0.15) is 11.9 Å². The predicted molar refractivity (Wildman–Crippen MR) is 54.7 cm³/mol. The molecule has 1 aliphatic carbocycles. The molecule has 1 saturated carbocycles. The van der Waals surface area contributed by atoms with Crippen molar-refractivity contribution in [3.8, 4) is 0 Å². The Kier molecular flexibility index (Phi) is 2.28. The van der Waals surface area contributed by atoms with Gasteiger partial charge in [-0.1, -0.05) is 0 Å². The Morgan fingerprint density at radius 1 is 1.31 bits per heavy atom. The summed E-state index contributed by atoms with van der Waals surface area (Å²) in [6, 6.07) is 0. The lowest BCUT2D eigenvalue weighted by atomic mass is 9.69. The molecule has 3 fully saturated rings. The lowest BCUT2D eigenvalue weighted by molar-refractivity contribution is -0.156. The normalized spacial score (nSPS) is 45.6. The topological polar surface area (TPSA) is 52.6 Å². The zero-order valence-electron chi connectivity index (χ0n) is 9.35. The Balaban J connectivity index is 1.83. The zero-order chi connectivity index (χ0) is 11.3. The molecule has 0 aromatic carbocycles. The molecule has 0 spiro atoms. The summed E-state index contributed by atoms with van der Waals surface area (Å²) in [5.74, 6) is 0.183. The number of ether oxygens (including phenoxy) is 2. The summed E-state index contributed by atoms with van der Waals surface area (Å²) in [6.07, 6.45) is 3.35. The molecular weight excluding hydrogens is 208 g/mol. The number of carbonyl (C=O) groups excluding carboxylic acids is 2. The van der Waals surface area contributed by atoms with Crippen molar-refractivity contribution in [2.24, 2.45) is 11.8 Å². The minimum Gasteiger partial charge on any atom is -0.462 e. The highest BCUT2D eigenvalue weighted by Gasteiger charge is 2.57. The fourth-order valence-corrected chi connectivity index (χ4v) is 3.60. The van der Waals surface area contributed by atoms with Gasteiger partial charge in [0.05, 0.1) is 18.1 Å². The van der Waals surface area contributed by atoms with Crippen LogP contribution in [0.2, 0.25) is 0 Å². The Morgan fingerprint density at radius 3 is 2.81 bits per heavy atom. The smallest absolute Gasteiger partial charge is 0.302 e. The molecule has 2 heterocycles. The van der Waals surface area contributed by atoms with Crippen LogP contribution in [0.3, 0.4) is 0 Å². The van der Waals surface area contributed by atoms with Crippen LogP contribution in [-0.2, 0) is 19.1 Å². The average Bonchev–Trinajstić information content (AvgIpc) is 2.82. The van der Waals surface area contributed by atoms with Crippen LogP contribution in [0.1, 0.15) is 32.6 Å². The molecular formula is C12H16O4. The molecule has 88 valence electrons. The van der Waals surface area contributed by atoms with E-state index in [1.54, 1.807) is 0 Å². The van der Waals surface area contributed by atoms with E-state index in [-0.39, 0.29) is 36.1 Å². The fraction of sp³-hybridized carbons (Fsp3) is 0.833. The van der Waals surface area contributed by atoms with E-state index < -0.39 is 0 Å². The Labute approximate surface area is 94.3 Å². The molecule has 4 nitrogen and oxygen atoms in total. The minimum atomic E-state index is -0.249. The molecule has 0 aromatic rings. The van der Waals surface area contributed by atoms with Gasteiger partial charge in [-0.3, -0.25) is 9.59 Å². The highest BCUT2D eigenvalue weighted by Crippen LogP contribution is 2.49. The fourth-order valence-electron chi connectivity index (χ4n) is 3.60. The molecule has 2 aliphatic heterocycles. The molecule has 3 unspecified atom stereocenters. The highest BCUT2D eigenvalue weighted by molar-refractivity contribution is 5.83. The molecule has 2 bridgehead atoms. The van der Waals surface area contributed by atoms with Gasteiger partial charge < -0.3 is 9.47 Å². The molecule has 16 heavy (non-hydrogen) atoms. The average molecular weight is 224 g/mol. The van der Waals surface area contributed by atoms with Crippen LogP contribution in [0.15, 0.2) is 0 Å². The lowest BCUT2D eigenvalue weighted by Gasteiger charge is -2.36. The first-order chi connectivity index (χ1) is 7.66. The van der Waals surface area contributed by atoms with Gasteiger partial charge in [-0.2, -0.15) is 0 Å². The van der Waals surface area contributed by atoms with Crippen molar-refractivity contribution in [2.75, 3.05) is 0 Å². The van der Waals surface area contributed by atoms with Crippen molar-refractivity contribution in [1.29, 1.82) is 0 Å². The minimum absolute atomic E-state index is 0.00292. The molecule has 5 atom stereocenters. The van der Waals surface area contributed by atoms with E-state index in [9.17, 15) is 9.59 Å². The third kappa shape index (κ3) is 1.39. The molecule has 0 aromatic heterocycles. The third-order valence-corrected chi connectivity index (χ3v) is 4.12. The van der Waals surface area contributed by atoms with Gasteiger partial charge in [0.25, 0.3) is 0 Å². The Morgan fingerprint density at radius 2 is 2.06 bits per heavy atom. The van der Waals surface area contributed by atoms with Gasteiger partial charge in [0.15, 0.2) is 0 Å². The Hall–Kier alpha value is -0.900. The molecule has 3 aliphatic rings. The summed E-state index contributed by atoms with van der Waals surface area (Å²) in [6.45, 7) is 1.43. The first kappa shape index (κ1) is 10.3. The number of esters is 1. The second kappa shape index (κ2) is 3.55. The summed E-state index contributed by atoms with van der Waals surface area (Å²) in [5, 5.41) is 0. The van der Waals surface area contributed by atoms with Crippen LogP contribution >= 0.6 is 0 Å². The second-order valence-corrected chi connectivity index (χ2v) is 5.05. The van der Waals surface area contributed by atoms with Crippen LogP contribution in [0, 0.1) is 11.8 Å². The third-order valence-electron chi connectivity index (χ3n) is 4.12. The molecule has 3 rings (SSSR count). The molecule has 4 heteroatoms. The van der Waals surface area contributed by atoms with E-state index in [2.05, 4.69) is 0 Å². The maximum absolute atomic E-state index is 11.9. The summed E-state index contributed by atoms with van der Waals surface area (Å²) < 4.78 is 11.1. The van der Waals surface area contributed by atoms with Gasteiger partial charge in [0.2, 0.25) is 0 Å².